The largest absolute Gasteiger partial charge is 0.506 e. The lowest BCUT2D eigenvalue weighted by Crippen LogP contribution is -2.24. The maximum atomic E-state index is 11.1. The Bertz CT molecular complexity index is 698. The Morgan fingerprint density at radius 1 is 1.31 bits per heavy atom. The highest BCUT2D eigenvalue weighted by atomic mass is 16.7. The van der Waals surface area contributed by atoms with E-state index in [0.717, 1.165) is 25.7 Å². The van der Waals surface area contributed by atoms with Gasteiger partial charge in [0.2, 0.25) is 0 Å². The number of carboxylic acids is 1. The van der Waals surface area contributed by atoms with E-state index in [1.165, 1.54) is 5.57 Å². The summed E-state index contributed by atoms with van der Waals surface area (Å²) in [4.78, 5) is 21.7. The van der Waals surface area contributed by atoms with Crippen LogP contribution in [0, 0.1) is 35.5 Å². The van der Waals surface area contributed by atoms with E-state index in [-0.39, 0.29) is 18.3 Å². The van der Waals surface area contributed by atoms with Crippen molar-refractivity contribution in [1.82, 2.24) is 0 Å². The first-order chi connectivity index (χ1) is 13.8. The van der Waals surface area contributed by atoms with Gasteiger partial charge in [0.15, 0.2) is 0 Å². The quantitative estimate of drug-likeness (QED) is 0.230. The molecular weight excluding hydrogens is 372 g/mol. The summed E-state index contributed by atoms with van der Waals surface area (Å²) in [5.74, 6) is 5.68. The molecule has 0 aromatic heterocycles. The minimum absolute atomic E-state index is 0.0192. The van der Waals surface area contributed by atoms with Crippen LogP contribution >= 0.6 is 0 Å². The van der Waals surface area contributed by atoms with Gasteiger partial charge < -0.3 is 20.1 Å². The molecule has 6 atom stereocenters. The van der Waals surface area contributed by atoms with Crippen molar-refractivity contribution in [1.29, 1.82) is 0 Å². The standard InChI is InChI=1S/C23H32O6/c1-3-4-7-15(2)21(29-23(27)28)11-10-18-19-13-16(8-5-6-9-22(25)26)12-17(19)14-20(18)24/h8,10-11,15,17-21,24H,5-7,9,12-14H2,1-2H3,(H,25,26)(H,27,28)/b11-10+,16-8+/t15?,17-,18+,19-,20+,21+/m0/s1. The summed E-state index contributed by atoms with van der Waals surface area (Å²) in [7, 11) is 0. The van der Waals surface area contributed by atoms with Gasteiger partial charge in [0.05, 0.1) is 6.10 Å². The molecule has 6 nitrogen and oxygen atoms in total. The zero-order valence-electron chi connectivity index (χ0n) is 17.2. The molecule has 0 aromatic rings. The number of carboxylic acid groups (broad SMARTS) is 2. The molecule has 2 rings (SSSR count). The smallest absolute Gasteiger partial charge is 0.481 e. The topological polar surface area (TPSA) is 104 Å². The van der Waals surface area contributed by atoms with Gasteiger partial charge in [0.25, 0.3) is 0 Å². The van der Waals surface area contributed by atoms with Crippen LogP contribution in [0.3, 0.4) is 0 Å². The molecule has 0 spiro atoms. The van der Waals surface area contributed by atoms with Gasteiger partial charge in [-0.3, -0.25) is 4.79 Å². The summed E-state index contributed by atoms with van der Waals surface area (Å²) in [6.45, 7) is 3.65. The minimum atomic E-state index is -1.31. The fraction of sp³-hybridized carbons (Fsp3) is 0.652. The fourth-order valence-corrected chi connectivity index (χ4v) is 4.58. The molecule has 0 aromatic carbocycles. The van der Waals surface area contributed by atoms with Crippen LogP contribution in [0.25, 0.3) is 0 Å². The summed E-state index contributed by atoms with van der Waals surface area (Å²) in [5, 5.41) is 28.3. The zero-order valence-corrected chi connectivity index (χ0v) is 17.2. The number of hydrogen-bond acceptors (Lipinski definition) is 4. The van der Waals surface area contributed by atoms with E-state index in [1.807, 2.05) is 13.0 Å². The van der Waals surface area contributed by atoms with Gasteiger partial charge in [-0.2, -0.15) is 0 Å². The van der Waals surface area contributed by atoms with Crippen molar-refractivity contribution in [3.63, 3.8) is 0 Å². The monoisotopic (exact) mass is 404 g/mol. The molecule has 0 aliphatic heterocycles. The minimum Gasteiger partial charge on any atom is -0.481 e. The SMILES string of the molecule is CC#CCC(C)[C@@H](/C=C/[C@@H]1[C@H]2C/C(=C/CCCC(=O)O)C[C@H]2C[C@H]1O)OC(=O)O. The van der Waals surface area contributed by atoms with Crippen LogP contribution in [0.1, 0.15) is 58.8 Å². The second-order valence-electron chi connectivity index (χ2n) is 8.20. The molecule has 0 radical (unpaired) electrons. The number of rotatable bonds is 9. The first-order valence-electron chi connectivity index (χ1n) is 10.4. The van der Waals surface area contributed by atoms with Crippen molar-refractivity contribution in [2.24, 2.45) is 23.7 Å². The average Bonchev–Trinajstić information content (AvgIpc) is 3.16. The van der Waals surface area contributed by atoms with E-state index in [0.29, 0.717) is 24.7 Å². The van der Waals surface area contributed by atoms with Crippen molar-refractivity contribution in [2.45, 2.75) is 71.0 Å². The number of ether oxygens (including phenoxy) is 1. The lowest BCUT2D eigenvalue weighted by Gasteiger charge is -2.21. The third-order valence-electron chi connectivity index (χ3n) is 6.06. The normalized spacial score (nSPS) is 29.3. The van der Waals surface area contributed by atoms with E-state index in [9.17, 15) is 14.7 Å². The summed E-state index contributed by atoms with van der Waals surface area (Å²) in [6, 6.07) is 0. The lowest BCUT2D eigenvalue weighted by atomic mass is 9.89. The van der Waals surface area contributed by atoms with Crippen LogP contribution in [0.4, 0.5) is 4.79 Å². The number of aliphatic hydroxyl groups excluding tert-OH is 1. The summed E-state index contributed by atoms with van der Waals surface area (Å²) in [6.07, 6.45) is 8.31. The molecule has 0 heterocycles. The van der Waals surface area contributed by atoms with Gasteiger partial charge in [0.1, 0.15) is 6.10 Å². The molecular formula is C23H32O6. The predicted molar refractivity (Wildman–Crippen MR) is 109 cm³/mol. The highest BCUT2D eigenvalue weighted by molar-refractivity contribution is 5.66. The maximum Gasteiger partial charge on any atom is 0.506 e. The van der Waals surface area contributed by atoms with Crippen LogP contribution in [0.5, 0.6) is 0 Å². The van der Waals surface area contributed by atoms with E-state index in [1.54, 1.807) is 13.0 Å². The number of unbranched alkanes of at least 4 members (excludes halogenated alkanes) is 1. The van der Waals surface area contributed by atoms with Gasteiger partial charge in [-0.1, -0.05) is 24.6 Å². The number of hydrogen-bond donors (Lipinski definition) is 3. The molecule has 1 unspecified atom stereocenters. The number of carbonyl (C=O) groups is 2. The summed E-state index contributed by atoms with van der Waals surface area (Å²) >= 11 is 0. The number of aliphatic carboxylic acids is 1. The van der Waals surface area contributed by atoms with Crippen molar-refractivity contribution >= 4 is 12.1 Å². The van der Waals surface area contributed by atoms with Crippen molar-refractivity contribution in [3.8, 4) is 11.8 Å². The van der Waals surface area contributed by atoms with Gasteiger partial charge in [0, 0.05) is 24.7 Å². The molecule has 2 aliphatic carbocycles. The van der Waals surface area contributed by atoms with E-state index < -0.39 is 24.3 Å². The summed E-state index contributed by atoms with van der Waals surface area (Å²) < 4.78 is 5.04. The van der Waals surface area contributed by atoms with Crippen LogP contribution in [-0.2, 0) is 9.53 Å². The van der Waals surface area contributed by atoms with Crippen LogP contribution in [0.2, 0.25) is 0 Å². The van der Waals surface area contributed by atoms with E-state index >= 15 is 0 Å². The second-order valence-corrected chi connectivity index (χ2v) is 8.20. The molecule has 3 N–H and O–H groups in total. The zero-order chi connectivity index (χ0) is 21.4. The molecule has 2 saturated carbocycles. The van der Waals surface area contributed by atoms with E-state index in [4.69, 9.17) is 14.9 Å². The Morgan fingerprint density at radius 3 is 2.72 bits per heavy atom. The van der Waals surface area contributed by atoms with Crippen LogP contribution < -0.4 is 0 Å². The lowest BCUT2D eigenvalue weighted by molar-refractivity contribution is -0.137. The van der Waals surface area contributed by atoms with Crippen molar-refractivity contribution < 1.29 is 29.6 Å². The molecule has 29 heavy (non-hydrogen) atoms. The molecule has 0 bridgehead atoms. The Labute approximate surface area is 172 Å². The fourth-order valence-electron chi connectivity index (χ4n) is 4.58. The van der Waals surface area contributed by atoms with Crippen molar-refractivity contribution in [3.05, 3.63) is 23.8 Å². The third-order valence-corrected chi connectivity index (χ3v) is 6.06. The molecule has 0 saturated heterocycles. The predicted octanol–water partition coefficient (Wildman–Crippen LogP) is 4.24. The molecule has 160 valence electrons. The first kappa shape index (κ1) is 23.0. The van der Waals surface area contributed by atoms with Crippen LogP contribution in [0.15, 0.2) is 23.8 Å². The number of allylic oxidation sites excluding steroid dienone is 2. The Balaban J connectivity index is 2.00. The average molecular weight is 405 g/mol. The highest BCUT2D eigenvalue weighted by Crippen LogP contribution is 2.50. The first-order valence-corrected chi connectivity index (χ1v) is 10.4. The Kier molecular flexibility index (Phi) is 8.78. The number of aliphatic hydroxyl groups is 1. The van der Waals surface area contributed by atoms with Gasteiger partial charge >= 0.3 is 12.1 Å². The van der Waals surface area contributed by atoms with Crippen molar-refractivity contribution in [2.75, 3.05) is 0 Å². The second kappa shape index (κ2) is 11.1. The Morgan fingerprint density at radius 2 is 2.07 bits per heavy atom. The maximum absolute atomic E-state index is 11.1. The molecule has 2 fully saturated rings. The molecule has 6 heteroatoms. The van der Waals surface area contributed by atoms with E-state index in [2.05, 4.69) is 17.9 Å². The Hall–Kier alpha value is -2.26. The van der Waals surface area contributed by atoms with Gasteiger partial charge in [-0.05, 0) is 56.9 Å². The molecule has 0 amide bonds. The van der Waals surface area contributed by atoms with Crippen LogP contribution in [-0.4, -0.2) is 39.7 Å². The number of fused-ring (bicyclic) bond motifs is 1. The highest BCUT2D eigenvalue weighted by Gasteiger charge is 2.45. The van der Waals surface area contributed by atoms with Gasteiger partial charge in [-0.25, -0.2) is 4.79 Å². The molecule has 2 aliphatic rings. The summed E-state index contributed by atoms with van der Waals surface area (Å²) in [5.41, 5.74) is 1.35. The third kappa shape index (κ3) is 6.93. The van der Waals surface area contributed by atoms with Gasteiger partial charge in [-0.15, -0.1) is 11.8 Å².